The smallest absolute Gasteiger partial charge is 0.295 e. The third-order valence-electron chi connectivity index (χ3n) is 6.36. The molecule has 8 nitrogen and oxygen atoms in total. The number of carbonyl (C=O) groups is 2. The number of ether oxygens (including phenoxy) is 3. The molecule has 2 aromatic rings. The number of aliphatic hydroxyl groups excluding tert-OH is 1. The standard InChI is InChI=1S/C26H29ClN2O6/c1-33-20-6-3-5-19(25(20)34-2)22-21(23(30)17-7-9-18(27)10-8-17)24(31)26(32)29(22)12-4-11-28-13-15-35-16-14-28/h3,5-10,22,30H,4,11-16H2,1-2H3/b23-21+/t22-/m0/s1. The number of aliphatic hydroxyl groups is 1. The summed E-state index contributed by atoms with van der Waals surface area (Å²) in [5, 5.41) is 11.7. The summed E-state index contributed by atoms with van der Waals surface area (Å²) in [6.45, 7) is 4.15. The highest BCUT2D eigenvalue weighted by Crippen LogP contribution is 2.45. The zero-order valence-corrected chi connectivity index (χ0v) is 20.6. The molecule has 2 heterocycles. The number of Topliss-reactive ketones (excluding diaryl/α,β-unsaturated/α-hetero) is 1. The zero-order valence-electron chi connectivity index (χ0n) is 19.8. The molecular formula is C26H29ClN2O6. The van der Waals surface area contributed by atoms with Gasteiger partial charge in [-0.15, -0.1) is 0 Å². The van der Waals surface area contributed by atoms with Crippen LogP contribution in [0.25, 0.3) is 5.76 Å². The average molecular weight is 501 g/mol. The Morgan fingerprint density at radius 1 is 1.06 bits per heavy atom. The molecule has 0 aliphatic carbocycles. The van der Waals surface area contributed by atoms with Gasteiger partial charge in [0.15, 0.2) is 11.5 Å². The number of halogens is 1. The van der Waals surface area contributed by atoms with E-state index in [1.807, 2.05) is 0 Å². The summed E-state index contributed by atoms with van der Waals surface area (Å²) < 4.78 is 16.5. The van der Waals surface area contributed by atoms with Crippen molar-refractivity contribution in [2.45, 2.75) is 12.5 Å². The van der Waals surface area contributed by atoms with Gasteiger partial charge < -0.3 is 24.2 Å². The van der Waals surface area contributed by atoms with Gasteiger partial charge in [-0.2, -0.15) is 0 Å². The van der Waals surface area contributed by atoms with Crippen molar-refractivity contribution >= 4 is 29.1 Å². The highest BCUT2D eigenvalue weighted by atomic mass is 35.5. The monoisotopic (exact) mass is 500 g/mol. The summed E-state index contributed by atoms with van der Waals surface area (Å²) in [7, 11) is 3.03. The maximum atomic E-state index is 13.3. The second-order valence-corrected chi connectivity index (χ2v) is 8.83. The average Bonchev–Trinajstić information content (AvgIpc) is 3.13. The number of nitrogens with zero attached hydrogens (tertiary/aromatic N) is 2. The molecule has 9 heteroatoms. The van der Waals surface area contributed by atoms with Crippen molar-refractivity contribution in [2.75, 3.05) is 53.6 Å². The zero-order chi connectivity index (χ0) is 24.9. The minimum atomic E-state index is -0.833. The van der Waals surface area contributed by atoms with Crippen LogP contribution in [-0.4, -0.2) is 80.2 Å². The first-order valence-electron chi connectivity index (χ1n) is 11.5. The fourth-order valence-corrected chi connectivity index (χ4v) is 4.74. The van der Waals surface area contributed by atoms with Crippen molar-refractivity contribution in [3.05, 3.63) is 64.2 Å². The van der Waals surface area contributed by atoms with Gasteiger partial charge in [0.2, 0.25) is 0 Å². The molecule has 2 aliphatic heterocycles. The Labute approximate surface area is 209 Å². The molecule has 35 heavy (non-hydrogen) atoms. The molecule has 1 amide bonds. The largest absolute Gasteiger partial charge is 0.507 e. The molecular weight excluding hydrogens is 472 g/mol. The SMILES string of the molecule is COc1cccc([C@H]2/C(=C(\O)c3ccc(Cl)cc3)C(=O)C(=O)N2CCCN2CCOCC2)c1OC. The van der Waals surface area contributed by atoms with Gasteiger partial charge in [-0.3, -0.25) is 14.5 Å². The van der Waals surface area contributed by atoms with E-state index in [9.17, 15) is 14.7 Å². The molecule has 0 bridgehead atoms. The van der Waals surface area contributed by atoms with E-state index in [1.54, 1.807) is 42.5 Å². The first kappa shape index (κ1) is 25.0. The fraction of sp³-hybridized carbons (Fsp3) is 0.385. The van der Waals surface area contributed by atoms with Gasteiger partial charge in [0.25, 0.3) is 11.7 Å². The normalized spacial score (nSPS) is 20.3. The van der Waals surface area contributed by atoms with Crippen LogP contribution in [0.15, 0.2) is 48.0 Å². The third-order valence-corrected chi connectivity index (χ3v) is 6.61. The molecule has 0 radical (unpaired) electrons. The molecule has 186 valence electrons. The number of methoxy groups -OCH3 is 2. The maximum Gasteiger partial charge on any atom is 0.295 e. The molecule has 1 atom stereocenters. The van der Waals surface area contributed by atoms with Crippen molar-refractivity contribution in [3.63, 3.8) is 0 Å². The summed E-state index contributed by atoms with van der Waals surface area (Å²) in [4.78, 5) is 30.3. The van der Waals surface area contributed by atoms with Gasteiger partial charge in [-0.1, -0.05) is 23.7 Å². The number of ketones is 1. The summed E-state index contributed by atoms with van der Waals surface area (Å²) in [5.74, 6) is -0.779. The van der Waals surface area contributed by atoms with E-state index in [0.29, 0.717) is 53.8 Å². The van der Waals surface area contributed by atoms with Crippen molar-refractivity contribution in [1.82, 2.24) is 9.80 Å². The fourth-order valence-electron chi connectivity index (χ4n) is 4.61. The number of para-hydroxylation sites is 1. The lowest BCUT2D eigenvalue weighted by Gasteiger charge is -2.29. The quantitative estimate of drug-likeness (QED) is 0.337. The molecule has 0 saturated carbocycles. The van der Waals surface area contributed by atoms with E-state index >= 15 is 0 Å². The molecule has 1 N–H and O–H groups in total. The van der Waals surface area contributed by atoms with Gasteiger partial charge in [-0.25, -0.2) is 0 Å². The van der Waals surface area contributed by atoms with Crippen LogP contribution in [-0.2, 0) is 14.3 Å². The molecule has 2 saturated heterocycles. The molecule has 0 aromatic heterocycles. The van der Waals surface area contributed by atoms with E-state index in [1.165, 1.54) is 19.1 Å². The minimum Gasteiger partial charge on any atom is -0.507 e. The summed E-state index contributed by atoms with van der Waals surface area (Å²) in [5.41, 5.74) is 0.968. The topological polar surface area (TPSA) is 88.5 Å². The summed E-state index contributed by atoms with van der Waals surface area (Å²) in [6, 6.07) is 10.9. The number of carbonyl (C=O) groups excluding carboxylic acids is 2. The van der Waals surface area contributed by atoms with Crippen molar-refractivity contribution in [1.29, 1.82) is 0 Å². The van der Waals surface area contributed by atoms with E-state index in [4.69, 9.17) is 25.8 Å². The van der Waals surface area contributed by atoms with E-state index < -0.39 is 17.7 Å². The summed E-state index contributed by atoms with van der Waals surface area (Å²) >= 11 is 6.00. The Balaban J connectivity index is 1.75. The van der Waals surface area contributed by atoms with Crippen LogP contribution >= 0.6 is 11.6 Å². The number of hydrogen-bond donors (Lipinski definition) is 1. The number of morpholine rings is 1. The van der Waals surface area contributed by atoms with Crippen molar-refractivity contribution < 1.29 is 28.9 Å². The molecule has 2 aliphatic rings. The number of amides is 1. The molecule has 0 spiro atoms. The van der Waals surface area contributed by atoms with E-state index in [0.717, 1.165) is 19.6 Å². The second kappa shape index (κ2) is 11.1. The third kappa shape index (κ3) is 5.15. The van der Waals surface area contributed by atoms with Crippen LogP contribution in [0.2, 0.25) is 5.02 Å². The van der Waals surface area contributed by atoms with Gasteiger partial charge >= 0.3 is 0 Å². The molecule has 2 aromatic carbocycles. The van der Waals surface area contributed by atoms with Crippen molar-refractivity contribution in [3.8, 4) is 11.5 Å². The lowest BCUT2D eigenvalue weighted by atomic mass is 9.94. The Morgan fingerprint density at radius 2 is 1.77 bits per heavy atom. The Kier molecular flexibility index (Phi) is 7.95. The lowest BCUT2D eigenvalue weighted by molar-refractivity contribution is -0.140. The van der Waals surface area contributed by atoms with Crippen LogP contribution in [0.3, 0.4) is 0 Å². The van der Waals surface area contributed by atoms with E-state index in [-0.39, 0.29) is 11.3 Å². The first-order valence-corrected chi connectivity index (χ1v) is 11.9. The van der Waals surface area contributed by atoms with Crippen LogP contribution in [0.1, 0.15) is 23.6 Å². The van der Waals surface area contributed by atoms with Gasteiger partial charge in [-0.05, 0) is 36.8 Å². The highest BCUT2D eigenvalue weighted by molar-refractivity contribution is 6.46. The lowest BCUT2D eigenvalue weighted by Crippen LogP contribution is -2.39. The Bertz CT molecular complexity index is 1110. The number of hydrogen-bond acceptors (Lipinski definition) is 7. The maximum absolute atomic E-state index is 13.3. The Morgan fingerprint density at radius 3 is 2.43 bits per heavy atom. The van der Waals surface area contributed by atoms with Gasteiger partial charge in [0, 0.05) is 42.3 Å². The van der Waals surface area contributed by atoms with Crippen LogP contribution in [0, 0.1) is 0 Å². The van der Waals surface area contributed by atoms with E-state index in [2.05, 4.69) is 4.90 Å². The second-order valence-electron chi connectivity index (χ2n) is 8.39. The van der Waals surface area contributed by atoms with Crippen LogP contribution in [0.5, 0.6) is 11.5 Å². The van der Waals surface area contributed by atoms with Gasteiger partial charge in [0.1, 0.15) is 5.76 Å². The van der Waals surface area contributed by atoms with Crippen LogP contribution in [0.4, 0.5) is 0 Å². The minimum absolute atomic E-state index is 0.00949. The van der Waals surface area contributed by atoms with Gasteiger partial charge in [0.05, 0.1) is 39.0 Å². The molecule has 4 rings (SSSR count). The predicted molar refractivity (Wildman–Crippen MR) is 132 cm³/mol. The molecule has 0 unspecified atom stereocenters. The number of likely N-dealkylation sites (tertiary alicyclic amines) is 1. The molecule has 2 fully saturated rings. The number of benzene rings is 2. The van der Waals surface area contributed by atoms with Crippen LogP contribution < -0.4 is 9.47 Å². The summed E-state index contributed by atoms with van der Waals surface area (Å²) in [6.07, 6.45) is 0.663. The predicted octanol–water partition coefficient (Wildman–Crippen LogP) is 3.50. The Hall–Kier alpha value is -3.07. The highest BCUT2D eigenvalue weighted by Gasteiger charge is 2.47. The first-order chi connectivity index (χ1) is 17.0. The number of rotatable bonds is 8. The van der Waals surface area contributed by atoms with Crippen molar-refractivity contribution in [2.24, 2.45) is 0 Å².